The van der Waals surface area contributed by atoms with Crippen molar-refractivity contribution >= 4 is 16.0 Å². The van der Waals surface area contributed by atoms with Crippen LogP contribution in [0.1, 0.15) is 54.6 Å². The van der Waals surface area contributed by atoms with Gasteiger partial charge in [-0.05, 0) is 19.8 Å². The summed E-state index contributed by atoms with van der Waals surface area (Å²) in [5, 5.41) is 3.13. The zero-order valence-corrected chi connectivity index (χ0v) is 15.1. The number of methoxy groups -OCH3 is 1. The van der Waals surface area contributed by atoms with Gasteiger partial charge < -0.3 is 14.5 Å². The Hall–Kier alpha value is -1.38. The topological polar surface area (TPSA) is 97.6 Å². The summed E-state index contributed by atoms with van der Waals surface area (Å²) in [5.74, 6) is -0.397. The molecule has 24 heavy (non-hydrogen) atoms. The Morgan fingerprint density at radius 2 is 1.92 bits per heavy atom. The number of hydrogen-bond donors (Lipinski definition) is 2. The van der Waals surface area contributed by atoms with Crippen LogP contribution in [0.25, 0.3) is 0 Å². The minimum atomic E-state index is -3.78. The van der Waals surface area contributed by atoms with Crippen LogP contribution in [0.4, 0.5) is 0 Å². The summed E-state index contributed by atoms with van der Waals surface area (Å²) in [6, 6.07) is 1.66. The minimum absolute atomic E-state index is 0.120. The highest BCUT2D eigenvalue weighted by molar-refractivity contribution is 7.89. The summed E-state index contributed by atoms with van der Waals surface area (Å²) in [6.45, 7) is 2.36. The van der Waals surface area contributed by atoms with Gasteiger partial charge in [0.15, 0.2) is 0 Å². The van der Waals surface area contributed by atoms with Gasteiger partial charge in [-0.3, -0.25) is 0 Å². The first kappa shape index (κ1) is 19.0. The maximum absolute atomic E-state index is 12.2. The summed E-state index contributed by atoms with van der Waals surface area (Å²) in [4.78, 5) is 11.5. The van der Waals surface area contributed by atoms with Gasteiger partial charge in [0.05, 0.1) is 7.11 Å². The molecule has 1 fully saturated rings. The van der Waals surface area contributed by atoms with Gasteiger partial charge in [0.1, 0.15) is 11.3 Å². The second kappa shape index (κ2) is 8.64. The van der Waals surface area contributed by atoms with E-state index in [0.29, 0.717) is 12.6 Å². The van der Waals surface area contributed by atoms with Crippen LogP contribution in [-0.2, 0) is 14.8 Å². The number of esters is 1. The van der Waals surface area contributed by atoms with Crippen LogP contribution in [0.3, 0.4) is 0 Å². The second-order valence-electron chi connectivity index (χ2n) is 6.07. The molecule has 136 valence electrons. The third-order valence-electron chi connectivity index (χ3n) is 4.27. The molecule has 0 atom stereocenters. The lowest BCUT2D eigenvalue weighted by Gasteiger charge is -2.16. The number of nitrogens with one attached hydrogen (secondary N) is 2. The zero-order chi connectivity index (χ0) is 17.6. The quantitative estimate of drug-likeness (QED) is 0.439. The molecule has 1 aromatic heterocycles. The van der Waals surface area contributed by atoms with Gasteiger partial charge in [-0.25, -0.2) is 17.9 Å². The lowest BCUT2D eigenvalue weighted by molar-refractivity contribution is 0.0599. The van der Waals surface area contributed by atoms with Crippen LogP contribution in [0.5, 0.6) is 0 Å². The minimum Gasteiger partial charge on any atom is -0.465 e. The Morgan fingerprint density at radius 3 is 2.54 bits per heavy atom. The van der Waals surface area contributed by atoms with Crippen LogP contribution in [0.15, 0.2) is 15.6 Å². The Balaban J connectivity index is 1.86. The molecule has 0 saturated heterocycles. The second-order valence-corrected chi connectivity index (χ2v) is 7.77. The van der Waals surface area contributed by atoms with E-state index in [1.165, 1.54) is 45.8 Å². The van der Waals surface area contributed by atoms with Crippen molar-refractivity contribution in [2.45, 2.75) is 56.6 Å². The Labute approximate surface area is 143 Å². The van der Waals surface area contributed by atoms with Gasteiger partial charge in [0, 0.05) is 25.2 Å². The molecular weight excluding hydrogens is 332 g/mol. The monoisotopic (exact) mass is 358 g/mol. The van der Waals surface area contributed by atoms with Crippen LogP contribution >= 0.6 is 0 Å². The van der Waals surface area contributed by atoms with Crippen molar-refractivity contribution in [3.63, 3.8) is 0 Å². The largest absolute Gasteiger partial charge is 0.465 e. The number of carbonyl (C=O) groups excluding carboxylic acids is 1. The highest BCUT2D eigenvalue weighted by Crippen LogP contribution is 2.20. The lowest BCUT2D eigenvalue weighted by atomic mass is 10.1. The van der Waals surface area contributed by atoms with E-state index in [4.69, 9.17) is 4.42 Å². The maximum Gasteiger partial charge on any atom is 0.341 e. The standard InChI is InChI=1S/C16H26N2O5S/c1-12-14(16(19)22-2)11-15(23-12)24(20,21)18-10-9-17-13-7-5-3-4-6-8-13/h11,13,17-18H,3-10H2,1-2H3. The molecule has 1 aromatic rings. The summed E-state index contributed by atoms with van der Waals surface area (Å²) in [6.07, 6.45) is 7.31. The molecule has 0 bridgehead atoms. The van der Waals surface area contributed by atoms with E-state index in [-0.39, 0.29) is 23.0 Å². The average Bonchev–Trinajstić information content (AvgIpc) is 2.78. The fraction of sp³-hybridized carbons (Fsp3) is 0.688. The van der Waals surface area contributed by atoms with Crippen molar-refractivity contribution in [2.75, 3.05) is 20.2 Å². The number of aryl methyl sites for hydroxylation is 1. The summed E-state index contributed by atoms with van der Waals surface area (Å²) >= 11 is 0. The van der Waals surface area contributed by atoms with Gasteiger partial charge in [-0.1, -0.05) is 25.7 Å². The SMILES string of the molecule is COC(=O)c1cc(S(=O)(=O)NCCNC2CCCCCC2)oc1C. The summed E-state index contributed by atoms with van der Waals surface area (Å²) < 4.78 is 36.7. The van der Waals surface area contributed by atoms with Gasteiger partial charge in [-0.2, -0.15) is 0 Å². The fourth-order valence-corrected chi connectivity index (χ4v) is 3.94. The third-order valence-corrected chi connectivity index (χ3v) is 5.59. The highest BCUT2D eigenvalue weighted by Gasteiger charge is 2.24. The molecule has 0 aliphatic heterocycles. The number of rotatable bonds is 7. The van der Waals surface area contributed by atoms with Crippen LogP contribution in [-0.4, -0.2) is 40.6 Å². The molecule has 1 aliphatic carbocycles. The van der Waals surface area contributed by atoms with Crippen LogP contribution < -0.4 is 10.0 Å². The molecule has 0 unspecified atom stereocenters. The van der Waals surface area contributed by atoms with Gasteiger partial charge in [0.2, 0.25) is 5.09 Å². The molecule has 1 heterocycles. The first-order chi connectivity index (χ1) is 11.4. The molecule has 8 heteroatoms. The molecule has 2 rings (SSSR count). The highest BCUT2D eigenvalue weighted by atomic mass is 32.2. The summed E-state index contributed by atoms with van der Waals surface area (Å²) in [7, 11) is -2.54. The Bertz CT molecular complexity index is 645. The first-order valence-corrected chi connectivity index (χ1v) is 9.84. The van der Waals surface area contributed by atoms with Crippen molar-refractivity contribution in [3.8, 4) is 0 Å². The Morgan fingerprint density at radius 1 is 1.25 bits per heavy atom. The van der Waals surface area contributed by atoms with Gasteiger partial charge in [0.25, 0.3) is 10.0 Å². The predicted octanol–water partition coefficient (Wildman–Crippen LogP) is 1.97. The van der Waals surface area contributed by atoms with Crippen molar-refractivity contribution in [1.82, 2.24) is 10.0 Å². The van der Waals surface area contributed by atoms with Gasteiger partial charge in [-0.15, -0.1) is 0 Å². The number of carbonyl (C=O) groups is 1. The van der Waals surface area contributed by atoms with E-state index < -0.39 is 16.0 Å². The van der Waals surface area contributed by atoms with E-state index in [1.807, 2.05) is 0 Å². The number of sulfonamides is 1. The predicted molar refractivity (Wildman–Crippen MR) is 89.5 cm³/mol. The van der Waals surface area contributed by atoms with E-state index in [1.54, 1.807) is 0 Å². The third kappa shape index (κ3) is 5.06. The molecule has 2 N–H and O–H groups in total. The maximum atomic E-state index is 12.2. The number of hydrogen-bond acceptors (Lipinski definition) is 6. The summed E-state index contributed by atoms with van der Waals surface area (Å²) in [5.41, 5.74) is 0.120. The smallest absolute Gasteiger partial charge is 0.341 e. The van der Waals surface area contributed by atoms with Crippen LogP contribution in [0, 0.1) is 6.92 Å². The number of furan rings is 1. The van der Waals surface area contributed by atoms with E-state index in [0.717, 1.165) is 12.8 Å². The average molecular weight is 358 g/mol. The first-order valence-electron chi connectivity index (χ1n) is 8.36. The van der Waals surface area contributed by atoms with Crippen molar-refractivity contribution in [3.05, 3.63) is 17.4 Å². The van der Waals surface area contributed by atoms with Crippen molar-refractivity contribution in [1.29, 1.82) is 0 Å². The molecule has 0 amide bonds. The number of ether oxygens (including phenoxy) is 1. The normalized spacial score (nSPS) is 16.8. The van der Waals surface area contributed by atoms with E-state index in [2.05, 4.69) is 14.8 Å². The Kier molecular flexibility index (Phi) is 6.82. The van der Waals surface area contributed by atoms with Gasteiger partial charge >= 0.3 is 5.97 Å². The van der Waals surface area contributed by atoms with E-state index in [9.17, 15) is 13.2 Å². The van der Waals surface area contributed by atoms with Crippen LogP contribution in [0.2, 0.25) is 0 Å². The molecular formula is C16H26N2O5S. The molecule has 0 aromatic carbocycles. The lowest BCUT2D eigenvalue weighted by Crippen LogP contribution is -2.36. The molecule has 1 saturated carbocycles. The van der Waals surface area contributed by atoms with E-state index >= 15 is 0 Å². The zero-order valence-electron chi connectivity index (χ0n) is 14.3. The molecule has 0 spiro atoms. The molecule has 1 aliphatic rings. The fourth-order valence-electron chi connectivity index (χ4n) is 2.92. The molecule has 0 radical (unpaired) electrons. The van der Waals surface area contributed by atoms with Crippen molar-refractivity contribution in [2.24, 2.45) is 0 Å². The molecule has 7 nitrogen and oxygen atoms in total. The van der Waals surface area contributed by atoms with Crippen molar-refractivity contribution < 1.29 is 22.4 Å².